The predicted molar refractivity (Wildman–Crippen MR) is 77.9 cm³/mol. The smallest absolute Gasteiger partial charge is 0.257 e. The maximum atomic E-state index is 12.6. The summed E-state index contributed by atoms with van der Waals surface area (Å²) in [7, 11) is 0. The quantitative estimate of drug-likeness (QED) is 0.835. The van der Waals surface area contributed by atoms with Crippen LogP contribution >= 0.6 is 0 Å². The Morgan fingerprint density at radius 1 is 1.33 bits per heavy atom. The molecule has 114 valence electrons. The summed E-state index contributed by atoms with van der Waals surface area (Å²) in [5, 5.41) is 0. The van der Waals surface area contributed by atoms with Gasteiger partial charge in [-0.05, 0) is 38.7 Å². The van der Waals surface area contributed by atoms with E-state index in [0.717, 1.165) is 38.8 Å². The van der Waals surface area contributed by atoms with Crippen LogP contribution in [0.2, 0.25) is 0 Å². The van der Waals surface area contributed by atoms with Crippen LogP contribution in [0.25, 0.3) is 0 Å². The van der Waals surface area contributed by atoms with E-state index in [2.05, 4.69) is 0 Å². The van der Waals surface area contributed by atoms with Gasteiger partial charge in [0, 0.05) is 32.1 Å². The van der Waals surface area contributed by atoms with Crippen molar-refractivity contribution in [1.82, 2.24) is 9.80 Å². The number of rotatable bonds is 5. The van der Waals surface area contributed by atoms with Crippen molar-refractivity contribution in [3.8, 4) is 0 Å². The average molecular weight is 290 g/mol. The van der Waals surface area contributed by atoms with E-state index in [1.54, 1.807) is 19.3 Å². The number of nitrogens with zero attached hydrogens (tertiary/aromatic N) is 2. The zero-order valence-corrected chi connectivity index (χ0v) is 12.5. The van der Waals surface area contributed by atoms with Gasteiger partial charge in [-0.15, -0.1) is 0 Å². The van der Waals surface area contributed by atoms with Crippen LogP contribution in [0.1, 0.15) is 48.2 Å². The standard InChI is InChI=1S/C16H22N2O3/c1-12-14(7-11-21-12)16(20)18(13-4-5-13)10-6-15(19)17-8-2-3-9-17/h7,11,13H,2-6,8-10H2,1H3. The number of likely N-dealkylation sites (tertiary alicyclic amines) is 1. The molecule has 2 amide bonds. The topological polar surface area (TPSA) is 53.8 Å². The highest BCUT2D eigenvalue weighted by Crippen LogP contribution is 2.29. The van der Waals surface area contributed by atoms with Crippen molar-refractivity contribution in [3.05, 3.63) is 23.7 Å². The highest BCUT2D eigenvalue weighted by molar-refractivity contribution is 5.95. The molecule has 2 fully saturated rings. The second-order valence-electron chi connectivity index (χ2n) is 5.96. The second kappa shape index (κ2) is 5.92. The Morgan fingerprint density at radius 2 is 2.05 bits per heavy atom. The lowest BCUT2D eigenvalue weighted by atomic mass is 10.2. The van der Waals surface area contributed by atoms with Crippen LogP contribution in [0, 0.1) is 6.92 Å². The van der Waals surface area contributed by atoms with Gasteiger partial charge in [0.2, 0.25) is 5.91 Å². The van der Waals surface area contributed by atoms with E-state index in [1.165, 1.54) is 0 Å². The van der Waals surface area contributed by atoms with Crippen LogP contribution in [-0.2, 0) is 4.79 Å². The highest BCUT2D eigenvalue weighted by Gasteiger charge is 2.34. The normalized spacial score (nSPS) is 18.0. The molecular weight excluding hydrogens is 268 g/mol. The van der Waals surface area contributed by atoms with E-state index in [-0.39, 0.29) is 11.8 Å². The summed E-state index contributed by atoms with van der Waals surface area (Å²) in [6.45, 7) is 4.06. The molecule has 5 heteroatoms. The summed E-state index contributed by atoms with van der Waals surface area (Å²) in [6.07, 6.45) is 6.26. The van der Waals surface area contributed by atoms with Crippen molar-refractivity contribution in [2.75, 3.05) is 19.6 Å². The SMILES string of the molecule is Cc1occc1C(=O)N(CCC(=O)N1CCCC1)C1CC1. The van der Waals surface area contributed by atoms with E-state index < -0.39 is 0 Å². The molecule has 2 aliphatic rings. The van der Waals surface area contributed by atoms with Crippen molar-refractivity contribution in [1.29, 1.82) is 0 Å². The third-order valence-corrected chi connectivity index (χ3v) is 4.36. The molecule has 0 N–H and O–H groups in total. The molecule has 0 unspecified atom stereocenters. The lowest BCUT2D eigenvalue weighted by Gasteiger charge is -2.23. The third-order valence-electron chi connectivity index (χ3n) is 4.36. The van der Waals surface area contributed by atoms with Crippen molar-refractivity contribution < 1.29 is 14.0 Å². The maximum absolute atomic E-state index is 12.6. The Morgan fingerprint density at radius 3 is 2.62 bits per heavy atom. The fraction of sp³-hybridized carbons (Fsp3) is 0.625. The number of hydrogen-bond donors (Lipinski definition) is 0. The Kier molecular flexibility index (Phi) is 3.99. The lowest BCUT2D eigenvalue weighted by Crippen LogP contribution is -2.37. The third kappa shape index (κ3) is 3.12. The number of hydrogen-bond acceptors (Lipinski definition) is 3. The first-order valence-electron chi connectivity index (χ1n) is 7.79. The van der Waals surface area contributed by atoms with Crippen LogP contribution in [0.4, 0.5) is 0 Å². The average Bonchev–Trinajstić information content (AvgIpc) is 3.00. The zero-order chi connectivity index (χ0) is 14.8. The molecule has 0 radical (unpaired) electrons. The summed E-state index contributed by atoms with van der Waals surface area (Å²) >= 11 is 0. The fourth-order valence-corrected chi connectivity index (χ4v) is 2.94. The number of carbonyl (C=O) groups excluding carboxylic acids is 2. The van der Waals surface area contributed by atoms with Crippen molar-refractivity contribution in [3.63, 3.8) is 0 Å². The molecule has 1 saturated carbocycles. The number of amides is 2. The second-order valence-corrected chi connectivity index (χ2v) is 5.96. The minimum atomic E-state index is -0.00188. The first kappa shape index (κ1) is 14.2. The van der Waals surface area contributed by atoms with E-state index in [9.17, 15) is 9.59 Å². The van der Waals surface area contributed by atoms with Gasteiger partial charge in [0.05, 0.1) is 11.8 Å². The summed E-state index contributed by atoms with van der Waals surface area (Å²) < 4.78 is 5.22. The van der Waals surface area contributed by atoms with Gasteiger partial charge in [-0.3, -0.25) is 9.59 Å². The van der Waals surface area contributed by atoms with Crippen molar-refractivity contribution in [2.45, 2.75) is 45.1 Å². The maximum Gasteiger partial charge on any atom is 0.257 e. The molecule has 0 aromatic carbocycles. The highest BCUT2D eigenvalue weighted by atomic mass is 16.3. The molecule has 3 rings (SSSR count). The van der Waals surface area contributed by atoms with Gasteiger partial charge in [-0.25, -0.2) is 0 Å². The van der Waals surface area contributed by atoms with Gasteiger partial charge >= 0.3 is 0 Å². The number of carbonyl (C=O) groups is 2. The molecule has 0 atom stereocenters. The molecule has 1 aliphatic carbocycles. The fourth-order valence-electron chi connectivity index (χ4n) is 2.94. The van der Waals surface area contributed by atoms with Gasteiger partial charge in [-0.1, -0.05) is 0 Å². The van der Waals surface area contributed by atoms with Crippen LogP contribution in [0.3, 0.4) is 0 Å². The monoisotopic (exact) mass is 290 g/mol. The Balaban J connectivity index is 1.61. The van der Waals surface area contributed by atoms with Crippen LogP contribution in [-0.4, -0.2) is 47.3 Å². The van der Waals surface area contributed by atoms with E-state index in [0.29, 0.717) is 30.3 Å². The van der Waals surface area contributed by atoms with Crippen LogP contribution in [0.5, 0.6) is 0 Å². The molecule has 1 aromatic heterocycles. The number of aryl methyl sites for hydroxylation is 1. The van der Waals surface area contributed by atoms with Gasteiger partial charge in [0.25, 0.3) is 5.91 Å². The molecule has 1 saturated heterocycles. The minimum absolute atomic E-state index is 0.00188. The number of furan rings is 1. The summed E-state index contributed by atoms with van der Waals surface area (Å²) in [5.41, 5.74) is 0.621. The molecule has 1 aromatic rings. The van der Waals surface area contributed by atoms with Crippen LogP contribution in [0.15, 0.2) is 16.7 Å². The molecule has 5 nitrogen and oxygen atoms in total. The minimum Gasteiger partial charge on any atom is -0.469 e. The lowest BCUT2D eigenvalue weighted by molar-refractivity contribution is -0.130. The molecule has 0 bridgehead atoms. The van der Waals surface area contributed by atoms with Crippen molar-refractivity contribution >= 4 is 11.8 Å². The molecule has 1 aliphatic heterocycles. The predicted octanol–water partition coefficient (Wildman–Crippen LogP) is 2.21. The first-order valence-corrected chi connectivity index (χ1v) is 7.79. The van der Waals surface area contributed by atoms with Gasteiger partial charge < -0.3 is 14.2 Å². The Labute approximate surface area is 124 Å². The van der Waals surface area contributed by atoms with Gasteiger partial charge in [-0.2, -0.15) is 0 Å². The Bertz CT molecular complexity index is 527. The summed E-state index contributed by atoms with van der Waals surface area (Å²) in [4.78, 5) is 28.5. The van der Waals surface area contributed by atoms with Crippen molar-refractivity contribution in [2.24, 2.45) is 0 Å². The van der Waals surface area contributed by atoms with E-state index in [1.807, 2.05) is 9.80 Å². The van der Waals surface area contributed by atoms with Gasteiger partial charge in [0.1, 0.15) is 5.76 Å². The van der Waals surface area contributed by atoms with Gasteiger partial charge in [0.15, 0.2) is 0 Å². The molecule has 0 spiro atoms. The van der Waals surface area contributed by atoms with Crippen LogP contribution < -0.4 is 0 Å². The zero-order valence-electron chi connectivity index (χ0n) is 12.5. The largest absolute Gasteiger partial charge is 0.469 e. The molecule has 2 heterocycles. The Hall–Kier alpha value is -1.78. The summed E-state index contributed by atoms with van der Waals surface area (Å²) in [6, 6.07) is 2.02. The first-order chi connectivity index (χ1) is 10.2. The molecular formula is C16H22N2O3. The van der Waals surface area contributed by atoms with E-state index in [4.69, 9.17) is 4.42 Å². The molecule has 21 heavy (non-hydrogen) atoms. The van der Waals surface area contributed by atoms with E-state index >= 15 is 0 Å². The summed E-state index contributed by atoms with van der Waals surface area (Å²) in [5.74, 6) is 0.823.